The first-order valence-corrected chi connectivity index (χ1v) is 9.22. The van der Waals surface area contributed by atoms with E-state index in [-0.39, 0.29) is 18.6 Å². The van der Waals surface area contributed by atoms with Crippen molar-refractivity contribution in [3.63, 3.8) is 0 Å². The SMILES string of the molecule is CSCC[C@H](N)C(=O)N[C@@H](CCC(N)=O)C(=O)N[C@@H](CS)C(=O)O. The average Bonchev–Trinajstić information content (AvgIpc) is 2.52. The summed E-state index contributed by atoms with van der Waals surface area (Å²) >= 11 is 5.37. The van der Waals surface area contributed by atoms with E-state index in [1.807, 2.05) is 6.26 Å². The molecule has 0 aliphatic carbocycles. The summed E-state index contributed by atoms with van der Waals surface area (Å²) in [6.07, 6.45) is 2.10. The lowest BCUT2D eigenvalue weighted by molar-refractivity contribution is -0.141. The summed E-state index contributed by atoms with van der Waals surface area (Å²) in [5.74, 6) is -2.62. The summed E-state index contributed by atoms with van der Waals surface area (Å²) in [5, 5.41) is 13.6. The molecule has 0 radical (unpaired) electrons. The molecule has 0 saturated heterocycles. The third-order valence-electron chi connectivity index (χ3n) is 3.08. The summed E-state index contributed by atoms with van der Waals surface area (Å²) in [5.41, 5.74) is 10.8. The van der Waals surface area contributed by atoms with E-state index in [1.165, 1.54) is 11.8 Å². The molecule has 3 atom stereocenters. The Balaban J connectivity index is 4.89. The Morgan fingerprint density at radius 3 is 2.17 bits per heavy atom. The van der Waals surface area contributed by atoms with Crippen LogP contribution in [0.1, 0.15) is 19.3 Å². The van der Waals surface area contributed by atoms with Gasteiger partial charge in [0, 0.05) is 12.2 Å². The molecule has 0 bridgehead atoms. The highest BCUT2D eigenvalue weighted by Crippen LogP contribution is 2.03. The van der Waals surface area contributed by atoms with Gasteiger partial charge in [-0.15, -0.1) is 0 Å². The van der Waals surface area contributed by atoms with Crippen molar-refractivity contribution >= 4 is 48.1 Å². The summed E-state index contributed by atoms with van der Waals surface area (Å²) in [6.45, 7) is 0. The maximum atomic E-state index is 12.2. The predicted molar refractivity (Wildman–Crippen MR) is 94.8 cm³/mol. The number of nitrogens with one attached hydrogen (secondary N) is 2. The fourth-order valence-corrected chi connectivity index (χ4v) is 2.40. The zero-order chi connectivity index (χ0) is 18.7. The number of hydrogen-bond donors (Lipinski definition) is 6. The summed E-state index contributed by atoms with van der Waals surface area (Å²) < 4.78 is 0. The van der Waals surface area contributed by atoms with Gasteiger partial charge in [-0.1, -0.05) is 0 Å². The van der Waals surface area contributed by atoms with Crippen LogP contribution in [0.25, 0.3) is 0 Å². The minimum Gasteiger partial charge on any atom is -0.480 e. The van der Waals surface area contributed by atoms with Gasteiger partial charge in [0.05, 0.1) is 6.04 Å². The number of aliphatic carboxylic acids is 1. The number of carboxylic acids is 1. The monoisotopic (exact) mass is 380 g/mol. The van der Waals surface area contributed by atoms with Crippen LogP contribution in [0.3, 0.4) is 0 Å². The number of carboxylic acid groups (broad SMARTS) is 1. The van der Waals surface area contributed by atoms with Crippen LogP contribution in [0, 0.1) is 0 Å². The number of carbonyl (C=O) groups is 4. The molecule has 0 unspecified atom stereocenters. The number of thiol groups is 1. The average molecular weight is 380 g/mol. The lowest BCUT2D eigenvalue weighted by atomic mass is 10.1. The lowest BCUT2D eigenvalue weighted by Crippen LogP contribution is -2.55. The Morgan fingerprint density at radius 2 is 1.71 bits per heavy atom. The Hall–Kier alpha value is -1.46. The van der Waals surface area contributed by atoms with Crippen LogP contribution >= 0.6 is 24.4 Å². The van der Waals surface area contributed by atoms with Crippen molar-refractivity contribution in [1.82, 2.24) is 10.6 Å². The molecule has 0 aromatic heterocycles. The van der Waals surface area contributed by atoms with Crippen LogP contribution in [0.5, 0.6) is 0 Å². The van der Waals surface area contributed by atoms with Crippen molar-refractivity contribution in [3.8, 4) is 0 Å². The Kier molecular flexibility index (Phi) is 11.3. The van der Waals surface area contributed by atoms with Crippen LogP contribution in [-0.2, 0) is 19.2 Å². The first kappa shape index (κ1) is 22.5. The Bertz CT molecular complexity index is 464. The molecule has 0 spiro atoms. The van der Waals surface area contributed by atoms with E-state index < -0.39 is 41.8 Å². The fraction of sp³-hybridized carbons (Fsp3) is 0.692. The minimum atomic E-state index is -1.25. The molecule has 0 fully saturated rings. The molecule has 138 valence electrons. The number of amides is 3. The quantitative estimate of drug-likeness (QED) is 0.220. The van der Waals surface area contributed by atoms with Gasteiger partial charge in [0.1, 0.15) is 12.1 Å². The Labute approximate surface area is 150 Å². The fourth-order valence-electron chi connectivity index (χ4n) is 1.67. The van der Waals surface area contributed by atoms with Gasteiger partial charge in [-0.25, -0.2) is 4.79 Å². The number of hydrogen-bond acceptors (Lipinski definition) is 7. The summed E-state index contributed by atoms with van der Waals surface area (Å²) in [7, 11) is 0. The van der Waals surface area contributed by atoms with Gasteiger partial charge in [-0.3, -0.25) is 14.4 Å². The van der Waals surface area contributed by atoms with Crippen LogP contribution in [0.15, 0.2) is 0 Å². The van der Waals surface area contributed by atoms with E-state index in [1.54, 1.807) is 0 Å². The van der Waals surface area contributed by atoms with Gasteiger partial charge >= 0.3 is 5.97 Å². The van der Waals surface area contributed by atoms with E-state index in [4.69, 9.17) is 16.6 Å². The van der Waals surface area contributed by atoms with Crippen molar-refractivity contribution in [2.75, 3.05) is 17.8 Å². The first-order valence-electron chi connectivity index (χ1n) is 7.20. The van der Waals surface area contributed by atoms with Gasteiger partial charge < -0.3 is 27.2 Å². The van der Waals surface area contributed by atoms with Gasteiger partial charge in [-0.05, 0) is 24.9 Å². The molecule has 11 heteroatoms. The molecular formula is C13H24N4O5S2. The second-order valence-corrected chi connectivity index (χ2v) is 6.39. The van der Waals surface area contributed by atoms with E-state index in [2.05, 4.69) is 23.3 Å². The number of carbonyl (C=O) groups excluding carboxylic acids is 3. The first-order chi connectivity index (χ1) is 11.2. The van der Waals surface area contributed by atoms with Crippen molar-refractivity contribution in [1.29, 1.82) is 0 Å². The van der Waals surface area contributed by atoms with Crippen LogP contribution in [0.4, 0.5) is 0 Å². The Morgan fingerprint density at radius 1 is 1.12 bits per heavy atom. The maximum Gasteiger partial charge on any atom is 0.327 e. The van der Waals surface area contributed by atoms with Crippen LogP contribution < -0.4 is 22.1 Å². The topological polar surface area (TPSA) is 165 Å². The molecule has 9 nitrogen and oxygen atoms in total. The van der Waals surface area contributed by atoms with Crippen LogP contribution in [-0.4, -0.2) is 64.7 Å². The number of nitrogens with two attached hydrogens (primary N) is 2. The molecule has 0 aromatic rings. The van der Waals surface area contributed by atoms with E-state index in [0.29, 0.717) is 12.2 Å². The maximum absolute atomic E-state index is 12.2. The standard InChI is InChI=1S/C13H24N4O5S2/c1-24-5-4-7(14)11(19)16-8(2-3-10(15)18)12(20)17-9(6-23)13(21)22/h7-9,23H,2-6,14H2,1H3,(H2,15,18)(H,16,19)(H,17,20)(H,21,22)/t7-,8-,9-/m0/s1. The van der Waals surface area contributed by atoms with E-state index >= 15 is 0 Å². The smallest absolute Gasteiger partial charge is 0.327 e. The van der Waals surface area contributed by atoms with Crippen molar-refractivity contribution in [3.05, 3.63) is 0 Å². The molecule has 0 rings (SSSR count). The predicted octanol–water partition coefficient (Wildman–Crippen LogP) is -1.68. The van der Waals surface area contributed by atoms with Gasteiger partial charge in [-0.2, -0.15) is 24.4 Å². The molecule has 0 aliphatic heterocycles. The highest BCUT2D eigenvalue weighted by Gasteiger charge is 2.27. The molecular weight excluding hydrogens is 356 g/mol. The normalized spacial score (nSPS) is 14.3. The second-order valence-electron chi connectivity index (χ2n) is 5.04. The number of thioether (sulfide) groups is 1. The summed E-state index contributed by atoms with van der Waals surface area (Å²) in [4.78, 5) is 46.1. The third-order valence-corrected chi connectivity index (χ3v) is 4.09. The van der Waals surface area contributed by atoms with E-state index in [0.717, 1.165) is 0 Å². The van der Waals surface area contributed by atoms with E-state index in [9.17, 15) is 19.2 Å². The molecule has 0 aromatic carbocycles. The zero-order valence-corrected chi connectivity index (χ0v) is 15.1. The molecule has 0 heterocycles. The van der Waals surface area contributed by atoms with Gasteiger partial charge in [0.25, 0.3) is 0 Å². The van der Waals surface area contributed by atoms with Crippen molar-refractivity contribution < 1.29 is 24.3 Å². The zero-order valence-electron chi connectivity index (χ0n) is 13.4. The highest BCUT2D eigenvalue weighted by atomic mass is 32.2. The van der Waals surface area contributed by atoms with Gasteiger partial charge in [0.2, 0.25) is 17.7 Å². The van der Waals surface area contributed by atoms with Crippen molar-refractivity contribution in [2.24, 2.45) is 11.5 Å². The summed E-state index contributed by atoms with van der Waals surface area (Å²) in [6, 6.07) is -3.12. The minimum absolute atomic E-state index is 0.0545. The molecule has 3 amide bonds. The number of primary amides is 1. The second kappa shape index (κ2) is 12.0. The largest absolute Gasteiger partial charge is 0.480 e. The van der Waals surface area contributed by atoms with Crippen molar-refractivity contribution in [2.45, 2.75) is 37.4 Å². The lowest BCUT2D eigenvalue weighted by Gasteiger charge is -2.22. The van der Waals surface area contributed by atoms with Gasteiger partial charge in [0.15, 0.2) is 0 Å². The molecule has 0 aliphatic rings. The third kappa shape index (κ3) is 8.99. The molecule has 24 heavy (non-hydrogen) atoms. The van der Waals surface area contributed by atoms with Crippen LogP contribution in [0.2, 0.25) is 0 Å². The molecule has 0 saturated carbocycles. The number of rotatable bonds is 12. The highest BCUT2D eigenvalue weighted by molar-refractivity contribution is 7.98. The molecule has 7 N–H and O–H groups in total.